The van der Waals surface area contributed by atoms with Crippen molar-refractivity contribution in [1.82, 2.24) is 9.97 Å². The van der Waals surface area contributed by atoms with E-state index in [-0.39, 0.29) is 5.91 Å². The van der Waals surface area contributed by atoms with Crippen molar-refractivity contribution in [2.24, 2.45) is 0 Å². The molecule has 0 radical (unpaired) electrons. The lowest BCUT2D eigenvalue weighted by atomic mass is 10.1. The molecule has 3 aromatic carbocycles. The molecule has 30 heavy (non-hydrogen) atoms. The Hall–Kier alpha value is -3.73. The number of rotatable bonds is 6. The molecular formula is C25H23N3O2. The first-order chi connectivity index (χ1) is 14.6. The monoisotopic (exact) mass is 397 g/mol. The van der Waals surface area contributed by atoms with E-state index >= 15 is 0 Å². The normalized spacial score (nSPS) is 10.7. The third-order valence-corrected chi connectivity index (χ3v) is 4.96. The van der Waals surface area contributed by atoms with Crippen LogP contribution >= 0.6 is 0 Å². The third-order valence-electron chi connectivity index (χ3n) is 4.96. The standard InChI is InChI=1S/C25H23N3O2/c1-17-18(2)27-23-16-20(12-13-21(23)26-17)25(29)28-22-10-6-7-11-24(22)30-15-14-19-8-4-3-5-9-19/h3-13,16H,14-15H2,1-2H3,(H,28,29). The van der Waals surface area contributed by atoms with Crippen LogP contribution < -0.4 is 10.1 Å². The van der Waals surface area contributed by atoms with Crippen LogP contribution in [0.2, 0.25) is 0 Å². The molecular weight excluding hydrogens is 374 g/mol. The number of anilines is 1. The first-order valence-corrected chi connectivity index (χ1v) is 9.92. The average Bonchev–Trinajstić information content (AvgIpc) is 2.76. The molecule has 0 atom stereocenters. The second-order valence-electron chi connectivity index (χ2n) is 7.13. The van der Waals surface area contributed by atoms with Gasteiger partial charge < -0.3 is 10.1 Å². The molecule has 0 aliphatic carbocycles. The third kappa shape index (κ3) is 4.46. The molecule has 0 aliphatic heterocycles. The predicted octanol–water partition coefficient (Wildman–Crippen LogP) is 5.12. The molecule has 1 amide bonds. The van der Waals surface area contributed by atoms with Gasteiger partial charge in [0.1, 0.15) is 5.75 Å². The van der Waals surface area contributed by atoms with E-state index in [2.05, 4.69) is 27.4 Å². The maximum atomic E-state index is 12.8. The lowest BCUT2D eigenvalue weighted by Gasteiger charge is -2.13. The van der Waals surface area contributed by atoms with Gasteiger partial charge in [-0.05, 0) is 49.7 Å². The number of hydrogen-bond acceptors (Lipinski definition) is 4. The Labute approximate surface area is 175 Å². The molecule has 5 nitrogen and oxygen atoms in total. The summed E-state index contributed by atoms with van der Waals surface area (Å²) in [5.74, 6) is 0.435. The van der Waals surface area contributed by atoms with Crippen LogP contribution in [0.5, 0.6) is 5.75 Å². The Kier molecular flexibility index (Phi) is 5.70. The summed E-state index contributed by atoms with van der Waals surface area (Å²) in [5.41, 5.74) is 5.61. The molecule has 0 spiro atoms. The highest BCUT2D eigenvalue weighted by Gasteiger charge is 2.12. The van der Waals surface area contributed by atoms with E-state index in [0.717, 1.165) is 23.3 Å². The van der Waals surface area contributed by atoms with Crippen LogP contribution in [-0.2, 0) is 6.42 Å². The summed E-state index contributed by atoms with van der Waals surface area (Å²) in [5, 5.41) is 2.95. The number of aryl methyl sites for hydroxylation is 2. The van der Waals surface area contributed by atoms with Gasteiger partial charge in [0, 0.05) is 12.0 Å². The summed E-state index contributed by atoms with van der Waals surface area (Å²) in [7, 11) is 0. The summed E-state index contributed by atoms with van der Waals surface area (Å²) in [4.78, 5) is 21.9. The zero-order valence-electron chi connectivity index (χ0n) is 17.1. The minimum Gasteiger partial charge on any atom is -0.491 e. The second-order valence-corrected chi connectivity index (χ2v) is 7.13. The van der Waals surface area contributed by atoms with Crippen LogP contribution in [0.25, 0.3) is 11.0 Å². The number of fused-ring (bicyclic) bond motifs is 1. The van der Waals surface area contributed by atoms with Crippen molar-refractivity contribution < 1.29 is 9.53 Å². The van der Waals surface area contributed by atoms with Crippen LogP contribution in [0.4, 0.5) is 5.69 Å². The highest BCUT2D eigenvalue weighted by molar-refractivity contribution is 6.06. The van der Waals surface area contributed by atoms with Gasteiger partial charge in [-0.2, -0.15) is 0 Å². The molecule has 1 aromatic heterocycles. The summed E-state index contributed by atoms with van der Waals surface area (Å²) in [6.45, 7) is 4.37. The Morgan fingerprint density at radius 2 is 1.57 bits per heavy atom. The van der Waals surface area contributed by atoms with Crippen molar-refractivity contribution >= 4 is 22.6 Å². The SMILES string of the molecule is Cc1nc2ccc(C(=O)Nc3ccccc3OCCc3ccccc3)cc2nc1C. The summed E-state index contributed by atoms with van der Waals surface area (Å²) in [6.07, 6.45) is 0.797. The number of amides is 1. The van der Waals surface area contributed by atoms with Crippen molar-refractivity contribution in [3.63, 3.8) is 0 Å². The van der Waals surface area contributed by atoms with Gasteiger partial charge in [-0.1, -0.05) is 42.5 Å². The van der Waals surface area contributed by atoms with Gasteiger partial charge >= 0.3 is 0 Å². The number of carbonyl (C=O) groups is 1. The Bertz CT molecular complexity index is 1190. The van der Waals surface area contributed by atoms with Gasteiger partial charge in [0.05, 0.1) is 34.7 Å². The zero-order chi connectivity index (χ0) is 20.9. The van der Waals surface area contributed by atoms with Gasteiger partial charge in [-0.15, -0.1) is 0 Å². The fourth-order valence-corrected chi connectivity index (χ4v) is 3.19. The first kappa shape index (κ1) is 19.6. The number of nitrogens with one attached hydrogen (secondary N) is 1. The number of nitrogens with zero attached hydrogens (tertiary/aromatic N) is 2. The van der Waals surface area contributed by atoms with Gasteiger partial charge in [0.15, 0.2) is 0 Å². The number of ether oxygens (including phenoxy) is 1. The van der Waals surface area contributed by atoms with E-state index in [9.17, 15) is 4.79 Å². The van der Waals surface area contributed by atoms with Crippen molar-refractivity contribution in [3.05, 3.63) is 95.3 Å². The number of carbonyl (C=O) groups excluding carboxylic acids is 1. The van der Waals surface area contributed by atoms with Crippen LogP contribution in [0.3, 0.4) is 0 Å². The Morgan fingerprint density at radius 1 is 0.867 bits per heavy atom. The molecule has 0 saturated heterocycles. The molecule has 1 heterocycles. The van der Waals surface area contributed by atoms with E-state index in [1.807, 2.05) is 62.4 Å². The Morgan fingerprint density at radius 3 is 2.37 bits per heavy atom. The predicted molar refractivity (Wildman–Crippen MR) is 119 cm³/mol. The molecule has 0 unspecified atom stereocenters. The number of aromatic nitrogens is 2. The van der Waals surface area contributed by atoms with Gasteiger partial charge in [-0.3, -0.25) is 4.79 Å². The molecule has 0 aliphatic rings. The zero-order valence-corrected chi connectivity index (χ0v) is 17.1. The van der Waals surface area contributed by atoms with E-state index in [0.29, 0.717) is 29.1 Å². The average molecular weight is 397 g/mol. The van der Waals surface area contributed by atoms with Crippen molar-refractivity contribution in [1.29, 1.82) is 0 Å². The lowest BCUT2D eigenvalue weighted by molar-refractivity contribution is 0.102. The van der Waals surface area contributed by atoms with Gasteiger partial charge in [-0.25, -0.2) is 9.97 Å². The van der Waals surface area contributed by atoms with Crippen LogP contribution in [-0.4, -0.2) is 22.5 Å². The fourth-order valence-electron chi connectivity index (χ4n) is 3.19. The summed E-state index contributed by atoms with van der Waals surface area (Å²) >= 11 is 0. The van der Waals surface area contributed by atoms with E-state index in [4.69, 9.17) is 4.74 Å². The minimum absolute atomic E-state index is 0.212. The van der Waals surface area contributed by atoms with Crippen LogP contribution in [0.15, 0.2) is 72.8 Å². The molecule has 4 rings (SSSR count). The topological polar surface area (TPSA) is 64.1 Å². The molecule has 4 aromatic rings. The lowest BCUT2D eigenvalue weighted by Crippen LogP contribution is -2.13. The van der Waals surface area contributed by atoms with Crippen molar-refractivity contribution in [2.75, 3.05) is 11.9 Å². The maximum absolute atomic E-state index is 12.8. The van der Waals surface area contributed by atoms with Crippen molar-refractivity contribution in [2.45, 2.75) is 20.3 Å². The molecule has 0 saturated carbocycles. The summed E-state index contributed by atoms with van der Waals surface area (Å²) < 4.78 is 5.94. The second kappa shape index (κ2) is 8.74. The molecule has 1 N–H and O–H groups in total. The fraction of sp³-hybridized carbons (Fsp3) is 0.160. The van der Waals surface area contributed by atoms with E-state index in [1.165, 1.54) is 5.56 Å². The van der Waals surface area contributed by atoms with Gasteiger partial charge in [0.25, 0.3) is 5.91 Å². The highest BCUT2D eigenvalue weighted by Crippen LogP contribution is 2.25. The number of hydrogen-bond donors (Lipinski definition) is 1. The first-order valence-electron chi connectivity index (χ1n) is 9.92. The number of benzene rings is 3. The Balaban J connectivity index is 1.48. The quantitative estimate of drug-likeness (QED) is 0.490. The molecule has 0 bridgehead atoms. The molecule has 150 valence electrons. The number of para-hydroxylation sites is 2. The van der Waals surface area contributed by atoms with Gasteiger partial charge in [0.2, 0.25) is 0 Å². The minimum atomic E-state index is -0.212. The van der Waals surface area contributed by atoms with Crippen LogP contribution in [0, 0.1) is 13.8 Å². The van der Waals surface area contributed by atoms with E-state index in [1.54, 1.807) is 12.1 Å². The molecule has 0 fully saturated rings. The highest BCUT2D eigenvalue weighted by atomic mass is 16.5. The van der Waals surface area contributed by atoms with E-state index < -0.39 is 0 Å². The summed E-state index contributed by atoms with van der Waals surface area (Å²) in [6, 6.07) is 23.0. The largest absolute Gasteiger partial charge is 0.491 e. The van der Waals surface area contributed by atoms with Crippen molar-refractivity contribution in [3.8, 4) is 5.75 Å². The van der Waals surface area contributed by atoms with Crippen LogP contribution in [0.1, 0.15) is 27.3 Å². The molecule has 5 heteroatoms. The maximum Gasteiger partial charge on any atom is 0.255 e. The smallest absolute Gasteiger partial charge is 0.255 e.